The quantitative estimate of drug-likeness (QED) is 0.198. The van der Waals surface area contributed by atoms with Gasteiger partial charge in [0.25, 0.3) is 0 Å². The second-order valence-corrected chi connectivity index (χ2v) is 13.3. The number of hydrogen-bond acceptors (Lipinski definition) is 4. The van der Waals surface area contributed by atoms with E-state index in [9.17, 15) is 8.42 Å². The standard InChI is InChI=1S/C39H23N3O3S/c40-24-25-14-18-30(19-15-25)46(43,44)31-20-16-29(17-21-31)42-35-23-27-9-5-4-8-26(27)22-33(35)36-37-38(45-39(36)42)32-12-6-7-13-34(32)41(37)28-10-2-1-3-11-28/h1-23H. The van der Waals surface area contributed by atoms with Gasteiger partial charge in [-0.25, -0.2) is 8.42 Å². The van der Waals surface area contributed by atoms with Gasteiger partial charge in [0.2, 0.25) is 15.6 Å². The average Bonchev–Trinajstić information content (AvgIpc) is 3.73. The zero-order chi connectivity index (χ0) is 31.0. The molecule has 0 fully saturated rings. The van der Waals surface area contributed by atoms with E-state index in [0.29, 0.717) is 11.3 Å². The number of rotatable bonds is 4. The second kappa shape index (κ2) is 9.70. The number of sulfone groups is 1. The number of furan rings is 1. The van der Waals surface area contributed by atoms with Crippen molar-refractivity contribution in [1.29, 1.82) is 5.26 Å². The fourth-order valence-corrected chi connectivity index (χ4v) is 7.89. The van der Waals surface area contributed by atoms with Crippen molar-refractivity contribution >= 4 is 64.6 Å². The highest BCUT2D eigenvalue weighted by Crippen LogP contribution is 2.45. The highest BCUT2D eigenvalue weighted by atomic mass is 32.2. The zero-order valence-corrected chi connectivity index (χ0v) is 25.1. The summed E-state index contributed by atoms with van der Waals surface area (Å²) in [5.74, 6) is 0. The molecule has 3 aromatic heterocycles. The number of aromatic nitrogens is 2. The molecule has 6 nitrogen and oxygen atoms in total. The SMILES string of the molecule is N#Cc1ccc(S(=O)(=O)c2ccc(-n3c4cc5ccccc5cc4c4c3oc3c5ccccc5n(-c5ccccc5)c34)cc2)cc1. The summed E-state index contributed by atoms with van der Waals surface area (Å²) in [5, 5.41) is 14.4. The van der Waals surface area contributed by atoms with Crippen LogP contribution in [0.15, 0.2) is 154 Å². The van der Waals surface area contributed by atoms with Crippen LogP contribution in [0.2, 0.25) is 0 Å². The summed E-state index contributed by atoms with van der Waals surface area (Å²) in [6.45, 7) is 0. The Balaban J connectivity index is 1.34. The molecule has 0 amide bonds. The summed E-state index contributed by atoms with van der Waals surface area (Å²) in [6, 6.07) is 46.1. The normalized spacial score (nSPS) is 12.1. The molecule has 0 aliphatic rings. The highest BCUT2D eigenvalue weighted by Gasteiger charge is 2.26. The molecule has 0 saturated heterocycles. The lowest BCUT2D eigenvalue weighted by Gasteiger charge is -2.09. The first-order valence-electron chi connectivity index (χ1n) is 14.8. The van der Waals surface area contributed by atoms with E-state index in [2.05, 4.69) is 57.7 Å². The van der Waals surface area contributed by atoms with Gasteiger partial charge >= 0.3 is 0 Å². The van der Waals surface area contributed by atoms with Gasteiger partial charge in [-0.3, -0.25) is 4.57 Å². The molecule has 0 radical (unpaired) electrons. The van der Waals surface area contributed by atoms with Gasteiger partial charge in [0.1, 0.15) is 5.52 Å². The van der Waals surface area contributed by atoms with Gasteiger partial charge in [0.15, 0.2) is 5.58 Å². The molecule has 9 rings (SSSR count). The van der Waals surface area contributed by atoms with Gasteiger partial charge < -0.3 is 8.98 Å². The molecule has 0 spiro atoms. The topological polar surface area (TPSA) is 80.9 Å². The number of fused-ring (bicyclic) bond motifs is 8. The molecule has 0 aliphatic heterocycles. The lowest BCUT2D eigenvalue weighted by atomic mass is 10.1. The largest absolute Gasteiger partial charge is 0.437 e. The molecule has 46 heavy (non-hydrogen) atoms. The minimum absolute atomic E-state index is 0.140. The first-order valence-corrected chi connectivity index (χ1v) is 16.3. The van der Waals surface area contributed by atoms with Crippen LogP contribution < -0.4 is 0 Å². The fraction of sp³-hybridized carbons (Fsp3) is 0. The summed E-state index contributed by atoms with van der Waals surface area (Å²) in [6.07, 6.45) is 0. The van der Waals surface area contributed by atoms with Gasteiger partial charge in [-0.15, -0.1) is 0 Å². The molecule has 0 saturated carbocycles. The molecule has 0 bridgehead atoms. The van der Waals surface area contributed by atoms with Crippen molar-refractivity contribution < 1.29 is 12.8 Å². The number of nitriles is 1. The van der Waals surface area contributed by atoms with Crippen molar-refractivity contribution in [1.82, 2.24) is 9.13 Å². The van der Waals surface area contributed by atoms with Crippen LogP contribution in [0.4, 0.5) is 0 Å². The Morgan fingerprint density at radius 3 is 1.91 bits per heavy atom. The summed E-state index contributed by atoms with van der Waals surface area (Å²) >= 11 is 0. The van der Waals surface area contributed by atoms with Gasteiger partial charge in [-0.1, -0.05) is 54.6 Å². The fourth-order valence-electron chi connectivity index (χ4n) is 6.63. The predicted molar refractivity (Wildman–Crippen MR) is 182 cm³/mol. The van der Waals surface area contributed by atoms with Crippen molar-refractivity contribution in [2.45, 2.75) is 9.79 Å². The third-order valence-electron chi connectivity index (χ3n) is 8.77. The first-order chi connectivity index (χ1) is 22.5. The maximum atomic E-state index is 13.5. The minimum atomic E-state index is -3.78. The van der Waals surface area contributed by atoms with Gasteiger partial charge in [-0.05, 0) is 95.7 Å². The van der Waals surface area contributed by atoms with Gasteiger partial charge in [0.05, 0.1) is 37.8 Å². The van der Waals surface area contributed by atoms with Crippen LogP contribution >= 0.6 is 0 Å². The summed E-state index contributed by atoms with van der Waals surface area (Å²) < 4.78 is 38.1. The Hall–Kier alpha value is -6.10. The first kappa shape index (κ1) is 26.3. The number of hydrogen-bond donors (Lipinski definition) is 0. The number of nitrogens with zero attached hydrogens (tertiary/aromatic N) is 3. The Morgan fingerprint density at radius 1 is 0.587 bits per heavy atom. The molecule has 0 aliphatic carbocycles. The lowest BCUT2D eigenvalue weighted by Crippen LogP contribution is -2.02. The highest BCUT2D eigenvalue weighted by molar-refractivity contribution is 7.91. The van der Waals surface area contributed by atoms with E-state index in [4.69, 9.17) is 9.68 Å². The summed E-state index contributed by atoms with van der Waals surface area (Å²) in [4.78, 5) is 0.312. The molecule has 7 heteroatoms. The van der Waals surface area contributed by atoms with E-state index in [-0.39, 0.29) is 9.79 Å². The van der Waals surface area contributed by atoms with Crippen molar-refractivity contribution in [3.8, 4) is 17.4 Å². The Morgan fingerprint density at radius 2 is 1.20 bits per heavy atom. The van der Waals surface area contributed by atoms with Crippen LogP contribution in [0, 0.1) is 11.3 Å². The van der Waals surface area contributed by atoms with Crippen molar-refractivity contribution in [2.24, 2.45) is 0 Å². The van der Waals surface area contributed by atoms with Crippen LogP contribution in [-0.2, 0) is 9.84 Å². The Bertz CT molecular complexity index is 2800. The van der Waals surface area contributed by atoms with Crippen LogP contribution in [0.3, 0.4) is 0 Å². The lowest BCUT2D eigenvalue weighted by molar-refractivity contribution is 0.596. The summed E-state index contributed by atoms with van der Waals surface area (Å²) in [7, 11) is -3.78. The summed E-state index contributed by atoms with van der Waals surface area (Å²) in [5.41, 5.74) is 6.72. The number of para-hydroxylation sites is 2. The molecule has 9 aromatic rings. The van der Waals surface area contributed by atoms with E-state index in [1.54, 1.807) is 12.1 Å². The maximum Gasteiger partial charge on any atom is 0.215 e. The zero-order valence-electron chi connectivity index (χ0n) is 24.3. The molecule has 3 heterocycles. The molecular formula is C39H23N3O3S. The second-order valence-electron chi connectivity index (χ2n) is 11.3. The molecule has 0 unspecified atom stereocenters. The van der Waals surface area contributed by atoms with Crippen LogP contribution in [-0.4, -0.2) is 17.6 Å². The van der Waals surface area contributed by atoms with Crippen molar-refractivity contribution in [2.75, 3.05) is 0 Å². The van der Waals surface area contributed by atoms with E-state index >= 15 is 0 Å². The van der Waals surface area contributed by atoms with Crippen molar-refractivity contribution in [3.63, 3.8) is 0 Å². The van der Waals surface area contributed by atoms with E-state index in [1.807, 2.05) is 60.7 Å². The molecule has 0 N–H and O–H groups in total. The number of benzene rings is 6. The van der Waals surface area contributed by atoms with E-state index < -0.39 is 9.84 Å². The predicted octanol–water partition coefficient (Wildman–Crippen LogP) is 9.33. The smallest absolute Gasteiger partial charge is 0.215 e. The molecule has 218 valence electrons. The maximum absolute atomic E-state index is 13.5. The van der Waals surface area contributed by atoms with Crippen LogP contribution in [0.5, 0.6) is 0 Å². The van der Waals surface area contributed by atoms with Gasteiger partial charge in [-0.2, -0.15) is 5.26 Å². The third kappa shape index (κ3) is 3.71. The van der Waals surface area contributed by atoms with E-state index in [1.165, 1.54) is 24.3 Å². The monoisotopic (exact) mass is 613 g/mol. The van der Waals surface area contributed by atoms with Gasteiger partial charge in [0, 0.05) is 22.1 Å². The molecule has 0 atom stereocenters. The molecular weight excluding hydrogens is 591 g/mol. The molecule has 6 aromatic carbocycles. The third-order valence-corrected chi connectivity index (χ3v) is 10.6. The average molecular weight is 614 g/mol. The minimum Gasteiger partial charge on any atom is -0.437 e. The van der Waals surface area contributed by atoms with E-state index in [0.717, 1.165) is 60.4 Å². The van der Waals surface area contributed by atoms with Crippen LogP contribution in [0.1, 0.15) is 5.56 Å². The Kier molecular flexibility index (Phi) is 5.55. The van der Waals surface area contributed by atoms with Crippen molar-refractivity contribution in [3.05, 3.63) is 145 Å². The Labute approximate surface area is 263 Å². The van der Waals surface area contributed by atoms with Crippen LogP contribution in [0.25, 0.3) is 66.2 Å².